The van der Waals surface area contributed by atoms with E-state index in [9.17, 15) is 12.8 Å². The van der Waals surface area contributed by atoms with Gasteiger partial charge < -0.3 is 5.73 Å². The molecule has 1 aromatic carbocycles. The summed E-state index contributed by atoms with van der Waals surface area (Å²) in [6.45, 7) is 7.55. The van der Waals surface area contributed by atoms with Gasteiger partial charge in [0, 0.05) is 30.3 Å². The predicted molar refractivity (Wildman–Crippen MR) is 112 cm³/mol. The Morgan fingerprint density at radius 2 is 1.89 bits per heavy atom. The van der Waals surface area contributed by atoms with E-state index in [2.05, 4.69) is 9.82 Å². The molecule has 0 aliphatic rings. The Bertz CT molecular complexity index is 922. The minimum absolute atomic E-state index is 0. The van der Waals surface area contributed by atoms with Crippen molar-refractivity contribution >= 4 is 22.4 Å². The molecule has 2 aromatic rings. The number of hydrogen-bond acceptors (Lipinski definition) is 4. The molecule has 0 atom stereocenters. The van der Waals surface area contributed by atoms with Crippen molar-refractivity contribution < 1.29 is 12.8 Å². The lowest BCUT2D eigenvalue weighted by Gasteiger charge is -2.10. The summed E-state index contributed by atoms with van der Waals surface area (Å²) in [5, 5.41) is 4.41. The monoisotopic (exact) mass is 430 g/mol. The number of rotatable bonds is 8. The van der Waals surface area contributed by atoms with Gasteiger partial charge in [-0.25, -0.2) is 17.5 Å². The number of nitrogens with two attached hydrogens (primary N) is 1. The van der Waals surface area contributed by atoms with E-state index in [1.807, 2.05) is 13.8 Å². The number of hydrogen-bond donors (Lipinski definition) is 2. The highest BCUT2D eigenvalue weighted by molar-refractivity contribution is 7.89. The summed E-state index contributed by atoms with van der Waals surface area (Å²) >= 11 is 0. The van der Waals surface area contributed by atoms with Gasteiger partial charge in [0.05, 0.1) is 17.1 Å². The topological polar surface area (TPSA) is 90.0 Å². The molecule has 156 valence electrons. The molecule has 0 aliphatic carbocycles. The van der Waals surface area contributed by atoms with E-state index in [-0.39, 0.29) is 42.3 Å². The highest BCUT2D eigenvalue weighted by Crippen LogP contribution is 2.20. The average molecular weight is 431 g/mol. The molecule has 0 amide bonds. The van der Waals surface area contributed by atoms with Crippen molar-refractivity contribution in [3.63, 3.8) is 0 Å². The Kier molecular flexibility index (Phi) is 8.81. The van der Waals surface area contributed by atoms with Crippen molar-refractivity contribution in [1.29, 1.82) is 0 Å². The fourth-order valence-corrected chi connectivity index (χ4v) is 4.10. The molecular weight excluding hydrogens is 403 g/mol. The molecule has 0 aliphatic heterocycles. The van der Waals surface area contributed by atoms with E-state index in [4.69, 9.17) is 5.73 Å². The normalized spacial score (nSPS) is 12.3. The lowest BCUT2D eigenvalue weighted by atomic mass is 10.0. The maximum absolute atomic E-state index is 13.7. The summed E-state index contributed by atoms with van der Waals surface area (Å²) in [5.41, 5.74) is 9.01. The van der Waals surface area contributed by atoms with Crippen LogP contribution >= 0.6 is 12.4 Å². The summed E-state index contributed by atoms with van der Waals surface area (Å²) in [6, 6.07) is 6.61. The number of aryl methyl sites for hydroxylation is 1. The van der Waals surface area contributed by atoms with Gasteiger partial charge in [-0.3, -0.25) is 4.68 Å². The summed E-state index contributed by atoms with van der Waals surface area (Å²) < 4.78 is 42.3. The number of allylic oxidation sites excluding steroid dienone is 1. The van der Waals surface area contributed by atoms with E-state index in [1.54, 1.807) is 42.8 Å². The molecule has 0 saturated carbocycles. The molecule has 9 heteroatoms. The van der Waals surface area contributed by atoms with Crippen LogP contribution in [0.25, 0.3) is 0 Å². The fraction of sp³-hybridized carbons (Fsp3) is 0.421. The van der Waals surface area contributed by atoms with Gasteiger partial charge in [0.2, 0.25) is 10.0 Å². The first-order chi connectivity index (χ1) is 12.6. The molecule has 0 spiro atoms. The first kappa shape index (κ1) is 24.3. The van der Waals surface area contributed by atoms with Crippen LogP contribution in [-0.2, 0) is 23.0 Å². The Morgan fingerprint density at radius 3 is 2.43 bits per heavy atom. The third-order valence-electron chi connectivity index (χ3n) is 4.18. The van der Waals surface area contributed by atoms with Crippen LogP contribution in [-0.4, -0.2) is 30.8 Å². The predicted octanol–water partition coefficient (Wildman–Crippen LogP) is 3.01. The van der Waals surface area contributed by atoms with E-state index >= 15 is 0 Å². The number of halogens is 2. The molecule has 0 radical (unpaired) electrons. The number of nitrogens with zero attached hydrogens (tertiary/aromatic N) is 2. The third kappa shape index (κ3) is 6.13. The largest absolute Gasteiger partial charge is 0.327 e. The zero-order valence-electron chi connectivity index (χ0n) is 16.6. The molecule has 2 rings (SSSR count). The molecule has 3 N–H and O–H groups in total. The van der Waals surface area contributed by atoms with Crippen molar-refractivity contribution in [2.24, 2.45) is 5.73 Å². The molecule has 0 saturated heterocycles. The number of nitrogens with one attached hydrogen (secondary N) is 1. The minimum atomic E-state index is -3.50. The second-order valence-corrected chi connectivity index (χ2v) is 8.50. The van der Waals surface area contributed by atoms with Crippen LogP contribution in [0.15, 0.2) is 41.1 Å². The van der Waals surface area contributed by atoms with Gasteiger partial charge in [-0.15, -0.1) is 12.4 Å². The number of aromatic nitrogens is 2. The highest BCUT2D eigenvalue weighted by Gasteiger charge is 2.16. The van der Waals surface area contributed by atoms with Gasteiger partial charge in [0.1, 0.15) is 5.83 Å². The van der Waals surface area contributed by atoms with E-state index in [1.165, 1.54) is 6.08 Å². The van der Waals surface area contributed by atoms with Gasteiger partial charge in [0.15, 0.2) is 0 Å². The summed E-state index contributed by atoms with van der Waals surface area (Å²) in [4.78, 5) is 0.234. The third-order valence-corrected chi connectivity index (χ3v) is 5.85. The molecule has 0 bridgehead atoms. The average Bonchev–Trinajstić information content (AvgIpc) is 2.82. The van der Waals surface area contributed by atoms with Gasteiger partial charge in [-0.05, 0) is 51.5 Å². The van der Waals surface area contributed by atoms with Gasteiger partial charge in [-0.2, -0.15) is 5.10 Å². The Balaban J connectivity index is 0.00000392. The molecule has 0 fully saturated rings. The van der Waals surface area contributed by atoms with Crippen molar-refractivity contribution in [3.05, 3.63) is 58.7 Å². The van der Waals surface area contributed by atoms with E-state index in [0.717, 1.165) is 22.5 Å². The first-order valence-corrected chi connectivity index (χ1v) is 10.3. The van der Waals surface area contributed by atoms with Gasteiger partial charge in [-0.1, -0.05) is 12.1 Å². The number of sulfonamides is 1. The number of benzene rings is 1. The summed E-state index contributed by atoms with van der Waals surface area (Å²) in [7, 11) is -3.50. The van der Waals surface area contributed by atoms with Crippen LogP contribution in [0.1, 0.15) is 36.4 Å². The molecular formula is C19H28ClFN4O2S. The molecule has 1 aromatic heterocycles. The lowest BCUT2D eigenvalue weighted by molar-refractivity contribution is 0.517. The quantitative estimate of drug-likeness (QED) is 0.673. The van der Waals surface area contributed by atoms with Gasteiger partial charge in [0.25, 0.3) is 0 Å². The second-order valence-electron chi connectivity index (χ2n) is 6.79. The van der Waals surface area contributed by atoms with Crippen LogP contribution in [0.2, 0.25) is 0 Å². The smallest absolute Gasteiger partial charge is 0.240 e. The molecule has 6 nitrogen and oxygen atoms in total. The maximum Gasteiger partial charge on any atom is 0.240 e. The molecule has 28 heavy (non-hydrogen) atoms. The van der Waals surface area contributed by atoms with Crippen molar-refractivity contribution in [3.8, 4) is 0 Å². The summed E-state index contributed by atoms with van der Waals surface area (Å²) in [5.74, 6) is -0.318. The van der Waals surface area contributed by atoms with E-state index in [0.29, 0.717) is 6.42 Å². The standard InChI is InChI=1S/C19H27FN4O2S.ClH/c1-13(2)23-27(25,26)18-7-5-16(6-8-18)11-19-14(3)22-24(15(19)4)12-17(20)9-10-21;/h5-9,13,23H,10-12,21H2,1-4H3;1H/b17-9-;. The lowest BCUT2D eigenvalue weighted by Crippen LogP contribution is -2.30. The fourth-order valence-electron chi connectivity index (χ4n) is 2.85. The Morgan fingerprint density at radius 1 is 1.29 bits per heavy atom. The van der Waals surface area contributed by atoms with Crippen LogP contribution in [0.5, 0.6) is 0 Å². The Hall–Kier alpha value is -1.74. The second kappa shape index (κ2) is 10.2. The first-order valence-electron chi connectivity index (χ1n) is 8.82. The SMILES string of the molecule is Cc1nn(C/C(F)=C/CN)c(C)c1Cc1ccc(S(=O)(=O)NC(C)C)cc1.Cl. The Labute approximate surface area is 172 Å². The van der Waals surface area contributed by atoms with E-state index < -0.39 is 10.0 Å². The van der Waals surface area contributed by atoms with Crippen molar-refractivity contribution in [2.45, 2.75) is 51.6 Å². The maximum atomic E-state index is 13.7. The highest BCUT2D eigenvalue weighted by atomic mass is 35.5. The van der Waals surface area contributed by atoms with Crippen LogP contribution in [0.3, 0.4) is 0 Å². The molecule has 0 unspecified atom stereocenters. The van der Waals surface area contributed by atoms with Gasteiger partial charge >= 0.3 is 0 Å². The van der Waals surface area contributed by atoms with Crippen LogP contribution in [0, 0.1) is 13.8 Å². The summed E-state index contributed by atoms with van der Waals surface area (Å²) in [6.07, 6.45) is 1.93. The zero-order valence-corrected chi connectivity index (χ0v) is 18.2. The molecule has 1 heterocycles. The van der Waals surface area contributed by atoms with Crippen LogP contribution < -0.4 is 10.5 Å². The van der Waals surface area contributed by atoms with Crippen molar-refractivity contribution in [1.82, 2.24) is 14.5 Å². The minimum Gasteiger partial charge on any atom is -0.327 e. The zero-order chi connectivity index (χ0) is 20.2. The van der Waals surface area contributed by atoms with Crippen molar-refractivity contribution in [2.75, 3.05) is 6.54 Å². The van der Waals surface area contributed by atoms with Crippen LogP contribution in [0.4, 0.5) is 4.39 Å².